The second-order valence-corrected chi connectivity index (χ2v) is 6.73. The van der Waals surface area contributed by atoms with Crippen molar-refractivity contribution in [3.8, 4) is 11.5 Å². The van der Waals surface area contributed by atoms with Crippen LogP contribution in [0.15, 0.2) is 36.4 Å². The van der Waals surface area contributed by atoms with Gasteiger partial charge in [-0.15, -0.1) is 0 Å². The van der Waals surface area contributed by atoms with Gasteiger partial charge in [0.1, 0.15) is 11.6 Å². The Kier molecular flexibility index (Phi) is 7.52. The van der Waals surface area contributed by atoms with Crippen LogP contribution in [0.3, 0.4) is 0 Å². The highest BCUT2D eigenvalue weighted by Gasteiger charge is 2.21. The molecular weight excluding hydrogens is 384 g/mol. The molecule has 0 aliphatic rings. The number of esters is 1. The lowest BCUT2D eigenvalue weighted by molar-refractivity contribution is -0.123. The largest absolute Gasteiger partial charge is 0.493 e. The highest BCUT2D eigenvalue weighted by Crippen LogP contribution is 2.29. The smallest absolute Gasteiger partial charge is 0.339 e. The number of hydrogen-bond acceptors (Lipinski definition) is 5. The average Bonchev–Trinajstić information content (AvgIpc) is 2.68. The summed E-state index contributed by atoms with van der Waals surface area (Å²) in [6, 6.07) is 7.15. The summed E-state index contributed by atoms with van der Waals surface area (Å²) in [5.74, 6) is -1.96. The molecule has 156 valence electrons. The van der Waals surface area contributed by atoms with Crippen molar-refractivity contribution in [3.63, 3.8) is 0 Å². The van der Waals surface area contributed by atoms with Gasteiger partial charge in [0.25, 0.3) is 5.91 Å². The quantitative estimate of drug-likeness (QED) is 0.664. The molecular formula is C21H23F2NO5. The number of rotatable bonds is 8. The molecule has 0 radical (unpaired) electrons. The number of nitrogens with one attached hydrogen (secondary N) is 1. The number of benzene rings is 2. The van der Waals surface area contributed by atoms with Crippen LogP contribution in [0.1, 0.15) is 31.1 Å². The van der Waals surface area contributed by atoms with Crippen LogP contribution in [0.5, 0.6) is 11.5 Å². The fraction of sp³-hybridized carbons (Fsp3) is 0.333. The molecule has 1 amide bonds. The third-order valence-corrected chi connectivity index (χ3v) is 3.81. The lowest BCUT2D eigenvalue weighted by Crippen LogP contribution is -2.30. The van der Waals surface area contributed by atoms with Gasteiger partial charge in [-0.05, 0) is 43.2 Å². The number of amides is 1. The van der Waals surface area contributed by atoms with Crippen molar-refractivity contribution in [1.82, 2.24) is 0 Å². The molecule has 0 heterocycles. The third-order valence-electron chi connectivity index (χ3n) is 3.81. The highest BCUT2D eigenvalue weighted by atomic mass is 19.1. The second kappa shape index (κ2) is 9.86. The van der Waals surface area contributed by atoms with Crippen molar-refractivity contribution in [2.75, 3.05) is 19.0 Å². The maximum absolute atomic E-state index is 13.6. The first-order valence-electron chi connectivity index (χ1n) is 8.99. The van der Waals surface area contributed by atoms with Gasteiger partial charge in [-0.2, -0.15) is 0 Å². The fourth-order valence-electron chi connectivity index (χ4n) is 2.28. The van der Waals surface area contributed by atoms with Crippen LogP contribution in [0.25, 0.3) is 0 Å². The molecule has 29 heavy (non-hydrogen) atoms. The third kappa shape index (κ3) is 6.17. The van der Waals surface area contributed by atoms with E-state index in [4.69, 9.17) is 14.2 Å². The maximum atomic E-state index is 13.6. The van der Waals surface area contributed by atoms with Gasteiger partial charge in [0.15, 0.2) is 17.6 Å². The zero-order chi connectivity index (χ0) is 21.6. The summed E-state index contributed by atoms with van der Waals surface area (Å²) < 4.78 is 42.8. The molecule has 2 aromatic rings. The Morgan fingerprint density at radius 2 is 1.76 bits per heavy atom. The van der Waals surface area contributed by atoms with Gasteiger partial charge in [-0.25, -0.2) is 13.6 Å². The number of methoxy groups -OCH3 is 1. The summed E-state index contributed by atoms with van der Waals surface area (Å²) in [7, 11) is 1.44. The Hall–Kier alpha value is -3.16. The van der Waals surface area contributed by atoms with Crippen molar-refractivity contribution in [2.24, 2.45) is 5.92 Å². The molecule has 0 saturated carbocycles. The van der Waals surface area contributed by atoms with Crippen LogP contribution in [-0.4, -0.2) is 31.7 Å². The first kappa shape index (κ1) is 22.1. The Morgan fingerprint density at radius 3 is 2.41 bits per heavy atom. The first-order valence-corrected chi connectivity index (χ1v) is 8.99. The lowest BCUT2D eigenvalue weighted by Gasteiger charge is -2.16. The first-order chi connectivity index (χ1) is 13.7. The predicted octanol–water partition coefficient (Wildman–Crippen LogP) is 4.19. The number of halogens is 2. The van der Waals surface area contributed by atoms with E-state index in [9.17, 15) is 18.4 Å². The fourth-order valence-corrected chi connectivity index (χ4v) is 2.28. The molecule has 1 atom stereocenters. The molecule has 0 unspecified atom stereocenters. The van der Waals surface area contributed by atoms with Crippen molar-refractivity contribution in [2.45, 2.75) is 26.9 Å². The maximum Gasteiger partial charge on any atom is 0.339 e. The van der Waals surface area contributed by atoms with Crippen molar-refractivity contribution < 1.29 is 32.6 Å². The number of ether oxygens (including phenoxy) is 3. The summed E-state index contributed by atoms with van der Waals surface area (Å²) in [4.78, 5) is 24.5. The summed E-state index contributed by atoms with van der Waals surface area (Å²) in [5, 5.41) is 2.19. The van der Waals surface area contributed by atoms with Gasteiger partial charge in [0.05, 0.1) is 25.0 Å². The topological polar surface area (TPSA) is 73.9 Å². The van der Waals surface area contributed by atoms with E-state index in [1.165, 1.54) is 26.2 Å². The molecule has 0 aliphatic carbocycles. The molecule has 2 aromatic carbocycles. The number of carbonyl (C=O) groups is 2. The molecule has 0 fully saturated rings. The molecule has 0 bridgehead atoms. The minimum atomic E-state index is -1.24. The second-order valence-electron chi connectivity index (χ2n) is 6.73. The monoisotopic (exact) mass is 407 g/mol. The Bertz CT molecular complexity index is 885. The standard InChI is InChI=1S/C21H23F2NO5/c1-12(2)11-28-18-8-5-14(9-19(18)27-4)21(26)29-13(3)20(25)24-17-10-15(22)6-7-16(17)23/h5-10,12-13H,11H2,1-4H3,(H,24,25)/t13-/m1/s1. The van der Waals surface area contributed by atoms with Gasteiger partial charge in [-0.3, -0.25) is 4.79 Å². The number of carbonyl (C=O) groups excluding carboxylic acids is 2. The van der Waals surface area contributed by atoms with Crippen molar-refractivity contribution in [1.29, 1.82) is 0 Å². The van der Waals surface area contributed by atoms with E-state index >= 15 is 0 Å². The van der Waals surface area contributed by atoms with E-state index in [1.807, 2.05) is 13.8 Å². The Labute approximate surface area is 167 Å². The van der Waals surface area contributed by atoms with Crippen LogP contribution in [0, 0.1) is 17.6 Å². The van der Waals surface area contributed by atoms with E-state index in [0.717, 1.165) is 18.2 Å². The molecule has 0 aliphatic heterocycles. The van der Waals surface area contributed by atoms with Crippen LogP contribution in [0.4, 0.5) is 14.5 Å². The zero-order valence-corrected chi connectivity index (χ0v) is 16.6. The van der Waals surface area contributed by atoms with Crippen LogP contribution < -0.4 is 14.8 Å². The predicted molar refractivity (Wildman–Crippen MR) is 103 cm³/mol. The summed E-state index contributed by atoms with van der Waals surface area (Å²) in [6.45, 7) is 5.80. The molecule has 6 nitrogen and oxygen atoms in total. The molecule has 8 heteroatoms. The normalized spacial score (nSPS) is 11.7. The molecule has 0 spiro atoms. The summed E-state index contributed by atoms with van der Waals surface area (Å²) in [6.07, 6.45) is -1.24. The van der Waals surface area contributed by atoms with E-state index in [-0.39, 0.29) is 11.3 Å². The van der Waals surface area contributed by atoms with Crippen molar-refractivity contribution in [3.05, 3.63) is 53.6 Å². The average molecular weight is 407 g/mol. The summed E-state index contributed by atoms with van der Waals surface area (Å²) >= 11 is 0. The van der Waals surface area contributed by atoms with Crippen LogP contribution in [0.2, 0.25) is 0 Å². The minimum Gasteiger partial charge on any atom is -0.493 e. The van der Waals surface area contributed by atoms with E-state index < -0.39 is 29.6 Å². The highest BCUT2D eigenvalue weighted by molar-refractivity contribution is 5.97. The zero-order valence-electron chi connectivity index (χ0n) is 16.6. The molecule has 1 N–H and O–H groups in total. The van der Waals surface area contributed by atoms with Gasteiger partial charge in [0.2, 0.25) is 0 Å². The lowest BCUT2D eigenvalue weighted by atomic mass is 10.2. The molecule has 0 aromatic heterocycles. The minimum absolute atomic E-state index is 0.148. The van der Waals surface area contributed by atoms with Crippen molar-refractivity contribution >= 4 is 17.6 Å². The number of hydrogen-bond donors (Lipinski definition) is 1. The SMILES string of the molecule is COc1cc(C(=O)O[C@H](C)C(=O)Nc2cc(F)ccc2F)ccc1OCC(C)C. The molecule has 0 saturated heterocycles. The van der Waals surface area contributed by atoms with Gasteiger partial charge in [-0.1, -0.05) is 13.8 Å². The van der Waals surface area contributed by atoms with Gasteiger partial charge >= 0.3 is 5.97 Å². The van der Waals surface area contributed by atoms with Gasteiger partial charge in [0, 0.05) is 6.07 Å². The van der Waals surface area contributed by atoms with Crippen LogP contribution >= 0.6 is 0 Å². The van der Waals surface area contributed by atoms with Crippen LogP contribution in [-0.2, 0) is 9.53 Å². The molecule has 2 rings (SSSR count). The van der Waals surface area contributed by atoms with E-state index in [1.54, 1.807) is 6.07 Å². The number of anilines is 1. The van der Waals surface area contributed by atoms with Gasteiger partial charge < -0.3 is 19.5 Å². The summed E-state index contributed by atoms with van der Waals surface area (Å²) in [5.41, 5.74) is -0.193. The Balaban J connectivity index is 2.04. The van der Waals surface area contributed by atoms with E-state index in [0.29, 0.717) is 24.0 Å². The Morgan fingerprint density at radius 1 is 1.03 bits per heavy atom. The van der Waals surface area contributed by atoms with E-state index in [2.05, 4.69) is 5.32 Å².